The van der Waals surface area contributed by atoms with Crippen molar-refractivity contribution in [3.63, 3.8) is 0 Å². The molecule has 5 fully saturated rings. The molecule has 5 aliphatic carbocycles. The number of rotatable bonds is 5. The van der Waals surface area contributed by atoms with Gasteiger partial charge in [-0.1, -0.05) is 37.3 Å². The molecule has 1 aromatic carbocycles. The molecule has 0 spiro atoms. The number of ketones is 1. The van der Waals surface area contributed by atoms with Crippen LogP contribution in [0.5, 0.6) is 0 Å². The molecule has 0 radical (unpaired) electrons. The third-order valence-corrected chi connectivity index (χ3v) is 9.10. The SMILES string of the molecule is C[C@]12CC3CC(C(=O)CC4CCC(CN)CC4)(C1)C[C@@](c1ccccc1)(C3)C2. The van der Waals surface area contributed by atoms with E-state index in [1.54, 1.807) is 0 Å². The summed E-state index contributed by atoms with van der Waals surface area (Å²) in [4.78, 5) is 13.8. The predicted octanol–water partition coefficient (Wildman–Crippen LogP) is 5.64. The molecule has 2 heteroatoms. The van der Waals surface area contributed by atoms with Crippen molar-refractivity contribution in [1.29, 1.82) is 0 Å². The van der Waals surface area contributed by atoms with Crippen LogP contribution in [0.1, 0.15) is 83.1 Å². The van der Waals surface area contributed by atoms with E-state index in [0.29, 0.717) is 23.0 Å². The molecule has 1 aromatic rings. The van der Waals surface area contributed by atoms with E-state index in [1.165, 1.54) is 56.9 Å². The highest BCUT2D eigenvalue weighted by molar-refractivity contribution is 5.86. The summed E-state index contributed by atoms with van der Waals surface area (Å²) >= 11 is 0. The Morgan fingerprint density at radius 1 is 0.964 bits per heavy atom. The van der Waals surface area contributed by atoms with Crippen molar-refractivity contribution in [2.45, 2.75) is 83.0 Å². The maximum atomic E-state index is 13.8. The molecule has 0 aliphatic heterocycles. The van der Waals surface area contributed by atoms with Gasteiger partial charge in [-0.05, 0) is 105 Å². The van der Waals surface area contributed by atoms with Crippen molar-refractivity contribution in [3.05, 3.63) is 35.9 Å². The molecule has 0 saturated heterocycles. The molecule has 152 valence electrons. The van der Waals surface area contributed by atoms with Crippen LogP contribution in [0.3, 0.4) is 0 Å². The van der Waals surface area contributed by atoms with Crippen LogP contribution in [-0.4, -0.2) is 12.3 Å². The zero-order valence-electron chi connectivity index (χ0n) is 17.6. The number of Topliss-reactive ketones (excluding diaryl/α,β-unsaturated/α-hetero) is 1. The lowest BCUT2D eigenvalue weighted by atomic mass is 9.38. The second-order valence-corrected chi connectivity index (χ2v) is 11.5. The van der Waals surface area contributed by atoms with Gasteiger partial charge in [-0.3, -0.25) is 4.79 Å². The van der Waals surface area contributed by atoms with Crippen LogP contribution < -0.4 is 5.73 Å². The molecule has 2 unspecified atom stereocenters. The van der Waals surface area contributed by atoms with E-state index < -0.39 is 0 Å². The first-order valence-electron chi connectivity index (χ1n) is 11.7. The van der Waals surface area contributed by atoms with E-state index in [4.69, 9.17) is 5.73 Å². The average molecular weight is 380 g/mol. The van der Waals surface area contributed by atoms with Crippen molar-refractivity contribution < 1.29 is 4.79 Å². The van der Waals surface area contributed by atoms with Crippen LogP contribution in [0.4, 0.5) is 0 Å². The van der Waals surface area contributed by atoms with Gasteiger partial charge in [0, 0.05) is 11.8 Å². The standard InChI is InChI=1S/C26H37NO/c1-24-12-21-13-25(16-24,22-5-3-2-4-6-22)18-26(14-21,17-24)23(28)11-19-7-9-20(15-27)10-8-19/h2-6,19-21H,7-18,27H2,1H3/t19?,20?,21?,24-,25-,26?/m1/s1. The van der Waals surface area contributed by atoms with E-state index in [1.807, 2.05) is 0 Å². The van der Waals surface area contributed by atoms with Gasteiger partial charge in [-0.2, -0.15) is 0 Å². The number of hydrogen-bond donors (Lipinski definition) is 1. The van der Waals surface area contributed by atoms with E-state index in [0.717, 1.165) is 31.7 Å². The summed E-state index contributed by atoms with van der Waals surface area (Å²) in [5, 5.41) is 0. The molecule has 0 amide bonds. The largest absolute Gasteiger partial charge is 0.330 e. The Kier molecular flexibility index (Phi) is 4.50. The van der Waals surface area contributed by atoms with Crippen LogP contribution in [0.15, 0.2) is 30.3 Å². The topological polar surface area (TPSA) is 43.1 Å². The van der Waals surface area contributed by atoms with Gasteiger partial charge >= 0.3 is 0 Å². The third-order valence-electron chi connectivity index (χ3n) is 9.10. The Labute approximate surface area is 170 Å². The molecule has 2 N–H and O–H groups in total. The minimum Gasteiger partial charge on any atom is -0.330 e. The van der Waals surface area contributed by atoms with Gasteiger partial charge in [0.1, 0.15) is 5.78 Å². The van der Waals surface area contributed by atoms with Gasteiger partial charge in [-0.25, -0.2) is 0 Å². The highest BCUT2D eigenvalue weighted by Gasteiger charge is 2.64. The average Bonchev–Trinajstić information content (AvgIpc) is 2.67. The second-order valence-electron chi connectivity index (χ2n) is 11.5. The fourth-order valence-electron chi connectivity index (χ4n) is 8.50. The molecule has 0 aromatic heterocycles. The Morgan fingerprint density at radius 2 is 1.68 bits per heavy atom. The van der Waals surface area contributed by atoms with E-state index in [-0.39, 0.29) is 10.8 Å². The van der Waals surface area contributed by atoms with E-state index in [9.17, 15) is 4.79 Å². The van der Waals surface area contributed by atoms with E-state index >= 15 is 0 Å². The Balaban J connectivity index is 1.39. The summed E-state index contributed by atoms with van der Waals surface area (Å²) in [6, 6.07) is 11.2. The summed E-state index contributed by atoms with van der Waals surface area (Å²) in [6.45, 7) is 3.31. The number of carbonyl (C=O) groups is 1. The Hall–Kier alpha value is -1.15. The van der Waals surface area contributed by atoms with Crippen molar-refractivity contribution >= 4 is 5.78 Å². The number of hydrogen-bond acceptors (Lipinski definition) is 2. The summed E-state index contributed by atoms with van der Waals surface area (Å²) < 4.78 is 0. The van der Waals surface area contributed by atoms with E-state index in [2.05, 4.69) is 37.3 Å². The van der Waals surface area contributed by atoms with Crippen molar-refractivity contribution in [2.24, 2.45) is 34.3 Å². The van der Waals surface area contributed by atoms with Crippen LogP contribution in [0.25, 0.3) is 0 Å². The fraction of sp³-hybridized carbons (Fsp3) is 0.731. The van der Waals surface area contributed by atoms with Crippen molar-refractivity contribution in [1.82, 2.24) is 0 Å². The number of carbonyl (C=O) groups excluding carboxylic acids is 1. The van der Waals surface area contributed by atoms with Crippen LogP contribution in [-0.2, 0) is 10.2 Å². The molecule has 28 heavy (non-hydrogen) atoms. The monoisotopic (exact) mass is 379 g/mol. The molecule has 5 saturated carbocycles. The molecule has 2 nitrogen and oxygen atoms in total. The number of nitrogens with two attached hydrogens (primary N) is 1. The molecule has 4 bridgehead atoms. The first-order valence-corrected chi connectivity index (χ1v) is 11.7. The van der Waals surface area contributed by atoms with Crippen molar-refractivity contribution in [3.8, 4) is 0 Å². The Morgan fingerprint density at radius 3 is 2.36 bits per heavy atom. The first kappa shape index (κ1) is 18.9. The molecular formula is C26H37NO. The lowest BCUT2D eigenvalue weighted by Crippen LogP contribution is -2.60. The fourth-order valence-corrected chi connectivity index (χ4v) is 8.50. The molecule has 0 heterocycles. The lowest BCUT2D eigenvalue weighted by Gasteiger charge is -2.66. The summed E-state index contributed by atoms with van der Waals surface area (Å²) in [5.74, 6) is 2.69. The zero-order valence-corrected chi connectivity index (χ0v) is 17.6. The highest BCUT2D eigenvalue weighted by atomic mass is 16.1. The summed E-state index contributed by atoms with van der Waals surface area (Å²) in [7, 11) is 0. The minimum atomic E-state index is -0.0330. The second kappa shape index (κ2) is 6.69. The van der Waals surface area contributed by atoms with Gasteiger partial charge in [0.25, 0.3) is 0 Å². The zero-order chi connectivity index (χ0) is 19.4. The normalized spacial score (nSPS) is 44.6. The smallest absolute Gasteiger partial charge is 0.139 e. The molecule has 4 atom stereocenters. The van der Waals surface area contributed by atoms with Gasteiger partial charge in [-0.15, -0.1) is 0 Å². The summed E-state index contributed by atoms with van der Waals surface area (Å²) in [5.41, 5.74) is 7.96. The van der Waals surface area contributed by atoms with Gasteiger partial charge in [0.05, 0.1) is 0 Å². The van der Waals surface area contributed by atoms with Gasteiger partial charge < -0.3 is 5.73 Å². The molecule has 5 aliphatic rings. The molecular weight excluding hydrogens is 342 g/mol. The van der Waals surface area contributed by atoms with Crippen LogP contribution in [0.2, 0.25) is 0 Å². The van der Waals surface area contributed by atoms with Gasteiger partial charge in [0.15, 0.2) is 0 Å². The minimum absolute atomic E-state index is 0.0330. The highest BCUT2D eigenvalue weighted by Crippen LogP contribution is 2.70. The predicted molar refractivity (Wildman–Crippen MR) is 114 cm³/mol. The third kappa shape index (κ3) is 3.07. The Bertz CT molecular complexity index is 736. The lowest BCUT2D eigenvalue weighted by molar-refractivity contribution is -0.159. The first-order chi connectivity index (χ1) is 13.4. The molecule has 6 rings (SSSR count). The maximum absolute atomic E-state index is 13.8. The quantitative estimate of drug-likeness (QED) is 0.719. The summed E-state index contributed by atoms with van der Waals surface area (Å²) in [6.07, 6.45) is 13.1. The van der Waals surface area contributed by atoms with Crippen LogP contribution >= 0.6 is 0 Å². The number of benzene rings is 1. The van der Waals surface area contributed by atoms with Gasteiger partial charge in [0.2, 0.25) is 0 Å². The van der Waals surface area contributed by atoms with Crippen molar-refractivity contribution in [2.75, 3.05) is 6.54 Å². The maximum Gasteiger partial charge on any atom is 0.139 e. The van der Waals surface area contributed by atoms with Crippen LogP contribution in [0, 0.1) is 28.6 Å².